The number of carbonyl (C=O) groups is 1. The molecule has 0 bridgehead atoms. The van der Waals surface area contributed by atoms with E-state index >= 15 is 0 Å². The van der Waals surface area contributed by atoms with Gasteiger partial charge >= 0.3 is 0 Å². The zero-order valence-electron chi connectivity index (χ0n) is 15.2. The van der Waals surface area contributed by atoms with E-state index in [1.807, 2.05) is 14.0 Å². The minimum absolute atomic E-state index is 0.0936. The molecule has 0 N–H and O–H groups in total. The quantitative estimate of drug-likeness (QED) is 0.664. The highest BCUT2D eigenvalue weighted by molar-refractivity contribution is 5.91. The summed E-state index contributed by atoms with van der Waals surface area (Å²) >= 11 is 0. The van der Waals surface area contributed by atoms with Gasteiger partial charge in [0, 0.05) is 44.2 Å². The van der Waals surface area contributed by atoms with Crippen LogP contribution in [0.2, 0.25) is 0 Å². The average molecular weight is 375 g/mol. The molecule has 0 aliphatic heterocycles. The summed E-state index contributed by atoms with van der Waals surface area (Å²) in [5, 5.41) is 8.31. The van der Waals surface area contributed by atoms with Gasteiger partial charge in [-0.05, 0) is 25.1 Å². The van der Waals surface area contributed by atoms with Gasteiger partial charge in [-0.2, -0.15) is 10.2 Å². The zero-order chi connectivity index (χ0) is 19.6. The first-order chi connectivity index (χ1) is 12.8. The van der Waals surface area contributed by atoms with Crippen LogP contribution in [0.3, 0.4) is 0 Å². The summed E-state index contributed by atoms with van der Waals surface area (Å²) in [4.78, 5) is 14.1. The van der Waals surface area contributed by atoms with Crippen molar-refractivity contribution < 1.29 is 18.3 Å². The summed E-state index contributed by atoms with van der Waals surface area (Å²) < 4.78 is 34.8. The molecule has 0 saturated carbocycles. The lowest BCUT2D eigenvalue weighted by Crippen LogP contribution is -2.27. The molecule has 0 unspecified atom stereocenters. The van der Waals surface area contributed by atoms with E-state index in [4.69, 9.17) is 4.74 Å². The van der Waals surface area contributed by atoms with Gasteiger partial charge < -0.3 is 9.64 Å². The van der Waals surface area contributed by atoms with E-state index in [9.17, 15) is 13.6 Å². The maximum atomic E-state index is 13.6. The molecule has 0 radical (unpaired) electrons. The number of aromatic nitrogens is 4. The number of benzene rings is 1. The van der Waals surface area contributed by atoms with Crippen LogP contribution in [-0.4, -0.2) is 37.4 Å². The molecule has 3 rings (SSSR count). The van der Waals surface area contributed by atoms with E-state index in [1.165, 1.54) is 15.6 Å². The lowest BCUT2D eigenvalue weighted by molar-refractivity contribution is 0.0777. The third-order valence-corrected chi connectivity index (χ3v) is 4.20. The molecule has 27 heavy (non-hydrogen) atoms. The Balaban J connectivity index is 1.62. The fourth-order valence-electron chi connectivity index (χ4n) is 2.50. The van der Waals surface area contributed by atoms with Gasteiger partial charge in [-0.25, -0.2) is 13.5 Å². The second-order valence-corrected chi connectivity index (χ2v) is 6.13. The van der Waals surface area contributed by atoms with Crippen LogP contribution in [0.15, 0.2) is 36.7 Å². The molecule has 0 atom stereocenters. The topological polar surface area (TPSA) is 65.2 Å². The van der Waals surface area contributed by atoms with Crippen LogP contribution in [0.4, 0.5) is 8.78 Å². The lowest BCUT2D eigenvalue weighted by atomic mass is 10.2. The van der Waals surface area contributed by atoms with E-state index in [0.717, 1.165) is 23.4 Å². The van der Waals surface area contributed by atoms with Gasteiger partial charge in [-0.15, -0.1) is 0 Å². The Bertz CT molecular complexity index is 967. The molecule has 3 aromatic rings. The Morgan fingerprint density at radius 1 is 1.30 bits per heavy atom. The first-order valence-corrected chi connectivity index (χ1v) is 8.19. The summed E-state index contributed by atoms with van der Waals surface area (Å²) in [6.07, 6.45) is 3.28. The summed E-state index contributed by atoms with van der Waals surface area (Å²) in [5.41, 5.74) is 2.17. The average Bonchev–Trinajstić information content (AvgIpc) is 3.22. The fourth-order valence-corrected chi connectivity index (χ4v) is 2.50. The van der Waals surface area contributed by atoms with Gasteiger partial charge in [0.1, 0.15) is 5.82 Å². The minimum atomic E-state index is -0.801. The van der Waals surface area contributed by atoms with Crippen molar-refractivity contribution >= 4 is 5.91 Å². The van der Waals surface area contributed by atoms with Gasteiger partial charge in [0.05, 0.1) is 6.20 Å². The van der Waals surface area contributed by atoms with Crippen LogP contribution in [0.5, 0.6) is 5.75 Å². The van der Waals surface area contributed by atoms with E-state index < -0.39 is 11.6 Å². The molecule has 2 aromatic heterocycles. The predicted molar refractivity (Wildman–Crippen MR) is 93.0 cm³/mol. The van der Waals surface area contributed by atoms with Crippen molar-refractivity contribution in [2.24, 2.45) is 7.05 Å². The highest BCUT2D eigenvalue weighted by Gasteiger charge is 2.17. The van der Waals surface area contributed by atoms with Gasteiger partial charge in [0.15, 0.2) is 24.0 Å². The third-order valence-electron chi connectivity index (χ3n) is 4.20. The van der Waals surface area contributed by atoms with Crippen molar-refractivity contribution in [3.63, 3.8) is 0 Å². The van der Waals surface area contributed by atoms with Gasteiger partial charge in [-0.1, -0.05) is 0 Å². The zero-order valence-corrected chi connectivity index (χ0v) is 15.2. The van der Waals surface area contributed by atoms with E-state index in [1.54, 1.807) is 30.2 Å². The largest absolute Gasteiger partial charge is 0.468 e. The number of hydrogen-bond donors (Lipinski definition) is 0. The maximum Gasteiger partial charge on any atom is 0.274 e. The second-order valence-electron chi connectivity index (χ2n) is 6.13. The highest BCUT2D eigenvalue weighted by Crippen LogP contribution is 2.18. The number of amides is 1. The van der Waals surface area contributed by atoms with Gasteiger partial charge in [-0.3, -0.25) is 9.48 Å². The molecule has 9 heteroatoms. The van der Waals surface area contributed by atoms with Gasteiger partial charge in [0.2, 0.25) is 0 Å². The van der Waals surface area contributed by atoms with Crippen molar-refractivity contribution in [1.82, 2.24) is 24.5 Å². The maximum absolute atomic E-state index is 13.6. The number of ether oxygens (including phenoxy) is 1. The van der Waals surface area contributed by atoms with Crippen molar-refractivity contribution in [3.8, 4) is 5.75 Å². The molecule has 1 aromatic carbocycles. The second kappa shape index (κ2) is 7.56. The standard InChI is InChI=1S/C18H19F2N5O2/c1-12-13(9-21-24(12)3)10-23(2)18(26)16-6-7-25(22-16)11-27-17-5-4-14(19)8-15(17)20/h4-9H,10-11H2,1-3H3. The van der Waals surface area contributed by atoms with Crippen LogP contribution in [0.25, 0.3) is 0 Å². The molecule has 7 nitrogen and oxygen atoms in total. The predicted octanol–water partition coefficient (Wildman–Crippen LogP) is 2.51. The monoisotopic (exact) mass is 375 g/mol. The molecular weight excluding hydrogens is 356 g/mol. The first-order valence-electron chi connectivity index (χ1n) is 8.19. The normalized spacial score (nSPS) is 10.9. The minimum Gasteiger partial charge on any atom is -0.468 e. The van der Waals surface area contributed by atoms with Crippen LogP contribution in [-0.2, 0) is 20.3 Å². The van der Waals surface area contributed by atoms with Crippen molar-refractivity contribution in [1.29, 1.82) is 0 Å². The molecule has 0 fully saturated rings. The Kier molecular flexibility index (Phi) is 5.20. The third kappa shape index (κ3) is 4.13. The van der Waals surface area contributed by atoms with E-state index in [2.05, 4.69) is 10.2 Å². The Morgan fingerprint density at radius 2 is 2.07 bits per heavy atom. The number of halogens is 2. The van der Waals surface area contributed by atoms with Crippen LogP contribution in [0.1, 0.15) is 21.7 Å². The molecular formula is C18H19F2N5O2. The molecule has 0 aliphatic carbocycles. The summed E-state index contributed by atoms with van der Waals surface area (Å²) in [6.45, 7) is 2.23. The molecule has 0 aliphatic rings. The molecule has 1 amide bonds. The summed E-state index contributed by atoms with van der Waals surface area (Å²) in [7, 11) is 3.52. The highest BCUT2D eigenvalue weighted by atomic mass is 19.1. The Hall–Kier alpha value is -3.23. The number of rotatable bonds is 6. The molecule has 0 spiro atoms. The van der Waals surface area contributed by atoms with E-state index in [-0.39, 0.29) is 24.1 Å². The van der Waals surface area contributed by atoms with Crippen LogP contribution in [0, 0.1) is 18.6 Å². The van der Waals surface area contributed by atoms with Crippen LogP contribution >= 0.6 is 0 Å². The van der Waals surface area contributed by atoms with Crippen molar-refractivity contribution in [3.05, 3.63) is 65.2 Å². The Morgan fingerprint density at radius 3 is 2.74 bits per heavy atom. The molecule has 142 valence electrons. The van der Waals surface area contributed by atoms with Crippen molar-refractivity contribution in [2.45, 2.75) is 20.2 Å². The number of nitrogens with zero attached hydrogens (tertiary/aromatic N) is 5. The molecule has 0 saturated heterocycles. The molecule has 2 heterocycles. The van der Waals surface area contributed by atoms with E-state index in [0.29, 0.717) is 6.54 Å². The van der Waals surface area contributed by atoms with Gasteiger partial charge in [0.25, 0.3) is 5.91 Å². The van der Waals surface area contributed by atoms with Crippen LogP contribution < -0.4 is 4.74 Å². The number of hydrogen-bond acceptors (Lipinski definition) is 4. The fraction of sp³-hybridized carbons (Fsp3) is 0.278. The summed E-state index contributed by atoms with van der Waals surface area (Å²) in [5.74, 6) is -1.84. The number of aryl methyl sites for hydroxylation is 1. The smallest absolute Gasteiger partial charge is 0.274 e. The lowest BCUT2D eigenvalue weighted by Gasteiger charge is -2.15. The first kappa shape index (κ1) is 18.6. The summed E-state index contributed by atoms with van der Waals surface area (Å²) in [6, 6.07) is 4.60. The van der Waals surface area contributed by atoms with Crippen molar-refractivity contribution in [2.75, 3.05) is 7.05 Å². The number of carbonyl (C=O) groups excluding carboxylic acids is 1. The SMILES string of the molecule is Cc1c(CN(C)C(=O)c2ccn(COc3ccc(F)cc3F)n2)cnn1C. The Labute approximate surface area is 154 Å².